The summed E-state index contributed by atoms with van der Waals surface area (Å²) in [6.45, 7) is 0. The summed E-state index contributed by atoms with van der Waals surface area (Å²) in [5.74, 6) is 0. The van der Waals surface area contributed by atoms with Gasteiger partial charge >= 0.3 is 298 Å². The van der Waals surface area contributed by atoms with Gasteiger partial charge < -0.3 is 9.11 Å². The van der Waals surface area contributed by atoms with Crippen molar-refractivity contribution in [3.63, 3.8) is 0 Å². The van der Waals surface area contributed by atoms with E-state index in [2.05, 4.69) is 0 Å². The molecule has 0 aromatic carbocycles. The van der Waals surface area contributed by atoms with Crippen LogP contribution in [-0.2, 0) is 83.1 Å². The first kappa shape index (κ1) is 56.0. The fourth-order valence-electron chi connectivity index (χ4n) is 0.530. The van der Waals surface area contributed by atoms with Crippen molar-refractivity contribution in [2.45, 2.75) is 0 Å². The molecule has 0 saturated carbocycles. The minimum Gasteiger partial charge on any atom is -0.759 e. The van der Waals surface area contributed by atoms with E-state index in [-0.39, 0.29) is 154 Å². The SMILES string of the molecule is N#[C][Fe-3]([C]#N)([C]#N)([C]#N)([C]#N)[C]#N.N#[C][Fe-3]([C]#N)([C]#N)([C]#N)([C]#N)[C]#N.O=S(=O)([O-])[O-].[Cu+2].[Cu+2].[Cu+2].[K+].[K+]. The molecule has 0 N–H and O–H groups in total. The van der Waals surface area contributed by atoms with Crippen LogP contribution < -0.4 is 103 Å². The Morgan fingerprint density at radius 1 is 0.389 bits per heavy atom. The number of nitrogens with zero attached hydrogens (tertiary/aromatic N) is 12. The van der Waals surface area contributed by atoms with E-state index in [1.54, 1.807) is 0 Å². The Morgan fingerprint density at radius 2 is 0.444 bits per heavy atom. The number of hydrogen-bond donors (Lipinski definition) is 0. The van der Waals surface area contributed by atoms with Crippen molar-refractivity contribution < 1.29 is 193 Å². The van der Waals surface area contributed by atoms with Crippen molar-refractivity contribution in [2.24, 2.45) is 0 Å². The second-order valence-corrected chi connectivity index (χ2v) is 16.1. The maximum Gasteiger partial charge on any atom is 2.00 e. The standard InChI is InChI=1S/12CN.3Cu.2Fe.2K.H2O4S/c12*1-2;;;;;;;;1-5(2,3)4/h;;;;;;;;;;;;;;;;;;;(H2,1,2,3,4)/q;;;;;;;;;;;;3*+2;2*-3;2*+1;/p-2. The molecule has 3 radical (unpaired) electrons. The van der Waals surface area contributed by atoms with Gasteiger partial charge in [0, 0.05) is 10.4 Å². The number of nitriles is 12. The Bertz CT molecular complexity index is 1140. The molecular weight excluding hydrogens is 789 g/mol. The molecule has 0 fully saturated rings. The van der Waals surface area contributed by atoms with Gasteiger partial charge in [0.25, 0.3) is 0 Å². The van der Waals surface area contributed by atoms with E-state index in [9.17, 15) is 0 Å². The van der Waals surface area contributed by atoms with E-state index >= 15 is 0 Å². The van der Waals surface area contributed by atoms with Gasteiger partial charge in [-0.05, 0) is 0 Å². The van der Waals surface area contributed by atoms with E-state index < -0.39 is 31.9 Å². The van der Waals surface area contributed by atoms with Gasteiger partial charge in [-0.2, -0.15) is 0 Å². The minimum absolute atomic E-state index is 0. The average Bonchev–Trinajstić information content (AvgIpc) is 2.81. The summed E-state index contributed by atoms with van der Waals surface area (Å²) in [4.78, 5) is 12.4. The van der Waals surface area contributed by atoms with Crippen LogP contribution in [-0.4, -0.2) is 17.5 Å². The Balaban J connectivity index is -0.0000000547. The quantitative estimate of drug-likeness (QED) is 0.125. The molecule has 0 bridgehead atoms. The van der Waals surface area contributed by atoms with Crippen LogP contribution in [0.15, 0.2) is 0 Å². The van der Waals surface area contributed by atoms with Gasteiger partial charge in [-0.1, -0.05) is 0 Å². The average molecular weight is 789 g/mol. The largest absolute Gasteiger partial charge is 2.00 e. The molecule has 189 valence electrons. The normalized spacial score (nSPS) is 11.3. The van der Waals surface area contributed by atoms with Crippen LogP contribution in [0.2, 0.25) is 0 Å². The summed E-state index contributed by atoms with van der Waals surface area (Å²) < 4.78 is 34.1. The smallest absolute Gasteiger partial charge is 0.759 e. The molecular formula is C12Cu3Fe2K2N12O4S. The summed E-state index contributed by atoms with van der Waals surface area (Å²) in [5.41, 5.74) is 0. The van der Waals surface area contributed by atoms with Crippen molar-refractivity contribution in [1.29, 1.82) is 63.1 Å². The summed E-state index contributed by atoms with van der Waals surface area (Å²) in [7, 11) is -17.5. The van der Waals surface area contributed by atoms with Gasteiger partial charge in [0.05, 0.1) is 0 Å². The van der Waals surface area contributed by atoms with Crippen molar-refractivity contribution in [2.75, 3.05) is 0 Å². The fraction of sp³-hybridized carbons (Fsp3) is 0. The van der Waals surface area contributed by atoms with Crippen LogP contribution >= 0.6 is 0 Å². The van der Waals surface area contributed by atoms with Crippen molar-refractivity contribution >= 4 is 10.4 Å². The van der Waals surface area contributed by atoms with Gasteiger partial charge in [0.1, 0.15) is 0 Å². The third kappa shape index (κ3) is 10.1. The van der Waals surface area contributed by atoms with Gasteiger partial charge in [-0.25, -0.2) is 0 Å². The monoisotopic (exact) mass is 787 g/mol. The third-order valence-electron chi connectivity index (χ3n) is 2.37. The zero-order chi connectivity index (χ0) is 25.8. The van der Waals surface area contributed by atoms with Crippen molar-refractivity contribution in [3.05, 3.63) is 0 Å². The predicted octanol–water partition coefficient (Wildman–Crippen LogP) is -7.14. The number of hydrogen-bond acceptors (Lipinski definition) is 16. The van der Waals surface area contributed by atoms with E-state index in [1.807, 2.05) is 0 Å². The summed E-state index contributed by atoms with van der Waals surface area (Å²) in [5, 5.41) is 103. The molecule has 0 unspecified atom stereocenters. The molecule has 24 heteroatoms. The molecule has 36 heavy (non-hydrogen) atoms. The second kappa shape index (κ2) is 17.3. The van der Waals surface area contributed by atoms with Gasteiger partial charge in [-0.3, -0.25) is 8.42 Å². The Kier molecular flexibility index (Phi) is 26.8. The van der Waals surface area contributed by atoms with E-state index in [0.717, 1.165) is 59.6 Å². The van der Waals surface area contributed by atoms with Crippen molar-refractivity contribution in [1.82, 2.24) is 0 Å². The molecule has 0 aliphatic rings. The van der Waals surface area contributed by atoms with E-state index in [4.69, 9.17) is 80.7 Å². The van der Waals surface area contributed by atoms with Crippen LogP contribution in [0.3, 0.4) is 0 Å². The number of rotatable bonds is 0. The summed E-state index contributed by atoms with van der Waals surface area (Å²) in [6.07, 6.45) is 0. The molecule has 0 aliphatic heterocycles. The zero-order valence-corrected chi connectivity index (χ0v) is 29.1. The second-order valence-electron chi connectivity index (χ2n) is 4.01. The summed E-state index contributed by atoms with van der Waals surface area (Å²) >= 11 is 0. The first-order valence-electron chi connectivity index (χ1n) is 5.47. The Morgan fingerprint density at radius 3 is 0.444 bits per heavy atom. The van der Waals surface area contributed by atoms with Crippen LogP contribution in [0.1, 0.15) is 0 Å². The molecule has 0 aromatic heterocycles. The van der Waals surface area contributed by atoms with Crippen LogP contribution in [0.5, 0.6) is 0 Å². The minimum atomic E-state index is -6.17. The fourth-order valence-corrected chi connectivity index (χ4v) is 2.19. The molecule has 0 heterocycles. The maximum absolute atomic E-state index is 8.58. The molecule has 0 atom stereocenters. The van der Waals surface area contributed by atoms with Crippen molar-refractivity contribution in [3.8, 4) is 59.6 Å². The Labute approximate surface area is 319 Å². The first-order chi connectivity index (χ1) is 13.9. The predicted molar refractivity (Wildman–Crippen MR) is 77.8 cm³/mol. The molecule has 0 rings (SSSR count). The zero-order valence-electron chi connectivity index (χ0n) is 17.0. The molecule has 16 nitrogen and oxygen atoms in total. The molecule has 0 aromatic rings. The molecule has 0 aliphatic carbocycles. The molecule has 0 amide bonds. The molecule has 0 spiro atoms. The van der Waals surface area contributed by atoms with Crippen LogP contribution in [0.4, 0.5) is 0 Å². The Hall–Kier alpha value is -0.380. The van der Waals surface area contributed by atoms with Crippen LogP contribution in [0.25, 0.3) is 0 Å². The van der Waals surface area contributed by atoms with E-state index in [1.165, 1.54) is 0 Å². The van der Waals surface area contributed by atoms with Gasteiger partial charge in [-0.15, -0.1) is 0 Å². The molecule has 0 saturated heterocycles. The third-order valence-corrected chi connectivity index (χ3v) is 9.78. The van der Waals surface area contributed by atoms with Crippen LogP contribution in [0, 0.1) is 123 Å². The maximum atomic E-state index is 8.58. The summed E-state index contributed by atoms with van der Waals surface area (Å²) in [6, 6.07) is 0. The first-order valence-corrected chi connectivity index (χ1v) is 13.4. The van der Waals surface area contributed by atoms with Gasteiger partial charge in [0.15, 0.2) is 0 Å². The van der Waals surface area contributed by atoms with E-state index in [0.29, 0.717) is 0 Å². The van der Waals surface area contributed by atoms with Gasteiger partial charge in [0.2, 0.25) is 0 Å². The topological polar surface area (TPSA) is 366 Å².